The Bertz CT molecular complexity index is 1190. The Morgan fingerprint density at radius 1 is 0.882 bits per heavy atom. The second-order valence-electron chi connectivity index (χ2n) is 7.81. The number of carbonyl (C=O) groups is 2. The molecule has 0 aromatic heterocycles. The van der Waals surface area contributed by atoms with Crippen molar-refractivity contribution in [2.24, 2.45) is 0 Å². The van der Waals surface area contributed by atoms with Crippen molar-refractivity contribution in [1.82, 2.24) is 10.6 Å². The van der Waals surface area contributed by atoms with E-state index in [4.69, 9.17) is 14.2 Å². The summed E-state index contributed by atoms with van der Waals surface area (Å²) in [4.78, 5) is 25.4. The average Bonchev–Trinajstić information content (AvgIpc) is 2.86. The van der Waals surface area contributed by atoms with Gasteiger partial charge in [0.25, 0.3) is 0 Å². The summed E-state index contributed by atoms with van der Waals surface area (Å²) in [6.07, 6.45) is 0. The number of urea groups is 1. The van der Waals surface area contributed by atoms with E-state index >= 15 is 0 Å². The predicted octanol–water partition coefficient (Wildman–Crippen LogP) is 4.65. The molecule has 174 valence electrons. The molecule has 1 heterocycles. The molecule has 0 saturated heterocycles. The smallest absolute Gasteiger partial charge is 0.338 e. The number of para-hydroxylation sites is 1. The third kappa shape index (κ3) is 5.38. The molecule has 34 heavy (non-hydrogen) atoms. The molecule has 1 aliphatic rings. The van der Waals surface area contributed by atoms with E-state index in [9.17, 15) is 9.59 Å². The van der Waals surface area contributed by atoms with Crippen molar-refractivity contribution in [3.8, 4) is 11.5 Å². The first-order valence-electron chi connectivity index (χ1n) is 10.9. The molecule has 0 aliphatic carbocycles. The standard InChI is InChI=1S/C27H26N2O5/c1-18-24(26(30)34-17-20-12-14-21(32-2)15-13-20)25(29-27(31)28-18)22-10-6-7-11-23(22)33-16-19-8-4-3-5-9-19/h3-15,25H,16-17H2,1-2H3,(H2,28,29,31)/t25-/m1/s1. The molecule has 0 fully saturated rings. The Labute approximate surface area is 198 Å². The van der Waals surface area contributed by atoms with E-state index in [1.807, 2.05) is 66.7 Å². The molecule has 2 N–H and O–H groups in total. The first kappa shape index (κ1) is 22.9. The highest BCUT2D eigenvalue weighted by molar-refractivity contribution is 5.95. The molecule has 7 nitrogen and oxygen atoms in total. The van der Waals surface area contributed by atoms with Crippen molar-refractivity contribution >= 4 is 12.0 Å². The van der Waals surface area contributed by atoms with Crippen LogP contribution in [0.15, 0.2) is 90.1 Å². The van der Waals surface area contributed by atoms with Gasteiger partial charge in [-0.15, -0.1) is 0 Å². The van der Waals surface area contributed by atoms with Crippen molar-refractivity contribution in [3.63, 3.8) is 0 Å². The summed E-state index contributed by atoms with van der Waals surface area (Å²) in [5.74, 6) is 0.774. The molecule has 3 aromatic carbocycles. The van der Waals surface area contributed by atoms with Crippen LogP contribution in [0.2, 0.25) is 0 Å². The maximum Gasteiger partial charge on any atom is 0.338 e. The summed E-state index contributed by atoms with van der Waals surface area (Å²) >= 11 is 0. The lowest BCUT2D eigenvalue weighted by molar-refractivity contribution is -0.140. The minimum Gasteiger partial charge on any atom is -0.497 e. The fourth-order valence-electron chi connectivity index (χ4n) is 3.73. The predicted molar refractivity (Wildman–Crippen MR) is 127 cm³/mol. The number of methoxy groups -OCH3 is 1. The third-order valence-corrected chi connectivity index (χ3v) is 5.49. The lowest BCUT2D eigenvalue weighted by Gasteiger charge is -2.29. The third-order valence-electron chi connectivity index (χ3n) is 5.49. The Balaban J connectivity index is 1.55. The SMILES string of the molecule is COc1ccc(COC(=O)C2=C(C)NC(=O)N[C@@H]2c2ccccc2OCc2ccccc2)cc1. The van der Waals surface area contributed by atoms with Crippen molar-refractivity contribution in [1.29, 1.82) is 0 Å². The molecule has 0 radical (unpaired) electrons. The van der Waals surface area contributed by atoms with Crippen LogP contribution in [0.3, 0.4) is 0 Å². The lowest BCUT2D eigenvalue weighted by Crippen LogP contribution is -2.45. The number of benzene rings is 3. The number of nitrogens with one attached hydrogen (secondary N) is 2. The summed E-state index contributed by atoms with van der Waals surface area (Å²) in [5.41, 5.74) is 3.26. The van der Waals surface area contributed by atoms with Gasteiger partial charge in [0, 0.05) is 11.3 Å². The minimum absolute atomic E-state index is 0.0897. The molecule has 2 amide bonds. The van der Waals surface area contributed by atoms with Crippen LogP contribution >= 0.6 is 0 Å². The van der Waals surface area contributed by atoms with Crippen molar-refractivity contribution in [2.75, 3.05) is 7.11 Å². The van der Waals surface area contributed by atoms with E-state index in [1.165, 1.54) is 0 Å². The summed E-state index contributed by atoms with van der Waals surface area (Å²) in [6, 6.07) is 23.3. The Kier molecular flexibility index (Phi) is 7.13. The summed E-state index contributed by atoms with van der Waals surface area (Å²) in [5, 5.41) is 5.51. The van der Waals surface area contributed by atoms with Gasteiger partial charge in [-0.3, -0.25) is 0 Å². The van der Waals surface area contributed by atoms with Crippen LogP contribution < -0.4 is 20.1 Å². The van der Waals surface area contributed by atoms with Gasteiger partial charge in [0.2, 0.25) is 0 Å². The molecule has 0 saturated carbocycles. The second kappa shape index (κ2) is 10.6. The molecular formula is C27H26N2O5. The van der Waals surface area contributed by atoms with Crippen LogP contribution in [0, 0.1) is 0 Å². The molecule has 1 aliphatic heterocycles. The van der Waals surface area contributed by atoms with E-state index in [-0.39, 0.29) is 6.61 Å². The number of rotatable bonds is 8. The van der Waals surface area contributed by atoms with Crippen molar-refractivity contribution in [2.45, 2.75) is 26.2 Å². The topological polar surface area (TPSA) is 85.9 Å². The number of hydrogen-bond acceptors (Lipinski definition) is 5. The van der Waals surface area contributed by atoms with Crippen LogP contribution in [0.5, 0.6) is 11.5 Å². The van der Waals surface area contributed by atoms with Gasteiger partial charge in [0.1, 0.15) is 24.7 Å². The zero-order valence-electron chi connectivity index (χ0n) is 19.0. The maximum atomic E-state index is 13.1. The fourth-order valence-corrected chi connectivity index (χ4v) is 3.73. The van der Waals surface area contributed by atoms with Crippen LogP contribution in [-0.4, -0.2) is 19.1 Å². The van der Waals surface area contributed by atoms with Crippen molar-refractivity contribution < 1.29 is 23.8 Å². The first-order chi connectivity index (χ1) is 16.5. The van der Waals surface area contributed by atoms with Crippen LogP contribution in [0.25, 0.3) is 0 Å². The van der Waals surface area contributed by atoms with Gasteiger partial charge in [0.15, 0.2) is 0 Å². The van der Waals surface area contributed by atoms with Gasteiger partial charge < -0.3 is 24.8 Å². The fraction of sp³-hybridized carbons (Fsp3) is 0.185. The number of esters is 1. The molecular weight excluding hydrogens is 432 g/mol. The summed E-state index contributed by atoms with van der Waals surface area (Å²) in [6.45, 7) is 2.13. The van der Waals surface area contributed by atoms with E-state index in [0.717, 1.165) is 16.9 Å². The number of ether oxygens (including phenoxy) is 3. The minimum atomic E-state index is -0.718. The zero-order chi connectivity index (χ0) is 23.9. The number of carbonyl (C=O) groups excluding carboxylic acids is 2. The van der Waals surface area contributed by atoms with Gasteiger partial charge in [-0.05, 0) is 36.2 Å². The van der Waals surface area contributed by atoms with E-state index in [2.05, 4.69) is 10.6 Å². The quantitative estimate of drug-likeness (QED) is 0.480. The highest BCUT2D eigenvalue weighted by atomic mass is 16.5. The van der Waals surface area contributed by atoms with Gasteiger partial charge in [-0.1, -0.05) is 60.7 Å². The highest BCUT2D eigenvalue weighted by Crippen LogP contribution is 2.34. The summed E-state index contributed by atoms with van der Waals surface area (Å²) in [7, 11) is 1.59. The van der Waals surface area contributed by atoms with Gasteiger partial charge in [-0.25, -0.2) is 9.59 Å². The Morgan fingerprint density at radius 3 is 2.29 bits per heavy atom. The molecule has 1 atom stereocenters. The van der Waals surface area contributed by atoms with Gasteiger partial charge in [0.05, 0.1) is 18.7 Å². The van der Waals surface area contributed by atoms with Crippen LogP contribution in [0.1, 0.15) is 29.7 Å². The molecule has 3 aromatic rings. The van der Waals surface area contributed by atoms with Gasteiger partial charge >= 0.3 is 12.0 Å². The number of hydrogen-bond donors (Lipinski definition) is 2. The second-order valence-corrected chi connectivity index (χ2v) is 7.81. The number of amides is 2. The Hall–Kier alpha value is -4.26. The zero-order valence-corrected chi connectivity index (χ0v) is 19.0. The summed E-state index contributed by atoms with van der Waals surface area (Å²) < 4.78 is 16.8. The molecule has 7 heteroatoms. The van der Waals surface area contributed by atoms with Crippen LogP contribution in [-0.2, 0) is 22.7 Å². The van der Waals surface area contributed by atoms with E-state index < -0.39 is 18.0 Å². The highest BCUT2D eigenvalue weighted by Gasteiger charge is 2.34. The molecule has 0 unspecified atom stereocenters. The normalized spacial score (nSPS) is 15.2. The molecule has 0 spiro atoms. The largest absolute Gasteiger partial charge is 0.497 e. The van der Waals surface area contributed by atoms with Crippen LogP contribution in [0.4, 0.5) is 4.79 Å². The van der Waals surface area contributed by atoms with E-state index in [1.54, 1.807) is 26.2 Å². The molecule has 0 bridgehead atoms. The first-order valence-corrected chi connectivity index (χ1v) is 10.9. The average molecular weight is 459 g/mol. The lowest BCUT2D eigenvalue weighted by atomic mass is 9.95. The van der Waals surface area contributed by atoms with Gasteiger partial charge in [-0.2, -0.15) is 0 Å². The maximum absolute atomic E-state index is 13.1. The molecule has 4 rings (SSSR count). The van der Waals surface area contributed by atoms with E-state index in [0.29, 0.717) is 29.2 Å². The monoisotopic (exact) mass is 458 g/mol. The number of allylic oxidation sites excluding steroid dienone is 1. The van der Waals surface area contributed by atoms with Crippen molar-refractivity contribution in [3.05, 3.63) is 107 Å². The Morgan fingerprint density at radius 2 is 1.56 bits per heavy atom.